The number of aromatic amines is 1. The van der Waals surface area contributed by atoms with Gasteiger partial charge in [-0.25, -0.2) is 4.98 Å². The van der Waals surface area contributed by atoms with Crippen LogP contribution < -0.4 is 11.3 Å². The number of anilines is 1. The SMILES string of the molecule is Cc1sc2nc([C@@H](C)Sc3nnc(N)s3)[nH]c(=O)c2c1C. The molecule has 0 aliphatic carbocycles. The van der Waals surface area contributed by atoms with Gasteiger partial charge in [-0.2, -0.15) is 0 Å². The zero-order valence-electron chi connectivity index (χ0n) is 11.6. The smallest absolute Gasteiger partial charge is 0.259 e. The van der Waals surface area contributed by atoms with Gasteiger partial charge < -0.3 is 10.7 Å². The second-order valence-corrected chi connectivity index (χ2v) is 8.38. The molecule has 21 heavy (non-hydrogen) atoms. The van der Waals surface area contributed by atoms with Gasteiger partial charge in [0.25, 0.3) is 5.56 Å². The van der Waals surface area contributed by atoms with Crippen LogP contribution in [0.3, 0.4) is 0 Å². The lowest BCUT2D eigenvalue weighted by Gasteiger charge is -2.07. The molecule has 0 spiro atoms. The van der Waals surface area contributed by atoms with Crippen LogP contribution in [-0.2, 0) is 0 Å². The topological polar surface area (TPSA) is 97.5 Å². The summed E-state index contributed by atoms with van der Waals surface area (Å²) in [5, 5.41) is 8.85. The van der Waals surface area contributed by atoms with Gasteiger partial charge in [-0.3, -0.25) is 4.79 Å². The van der Waals surface area contributed by atoms with Gasteiger partial charge in [-0.15, -0.1) is 21.5 Å². The normalized spacial score (nSPS) is 12.9. The molecule has 0 aliphatic rings. The molecule has 0 saturated heterocycles. The summed E-state index contributed by atoms with van der Waals surface area (Å²) in [6.45, 7) is 5.93. The van der Waals surface area contributed by atoms with Crippen molar-refractivity contribution in [1.29, 1.82) is 0 Å². The van der Waals surface area contributed by atoms with Gasteiger partial charge in [-0.05, 0) is 26.3 Å². The van der Waals surface area contributed by atoms with Crippen LogP contribution in [0.5, 0.6) is 0 Å². The van der Waals surface area contributed by atoms with E-state index in [0.717, 1.165) is 19.6 Å². The first-order valence-corrected chi connectivity index (χ1v) is 8.72. The van der Waals surface area contributed by atoms with E-state index >= 15 is 0 Å². The number of aromatic nitrogens is 4. The third kappa shape index (κ3) is 2.68. The zero-order chi connectivity index (χ0) is 15.1. The lowest BCUT2D eigenvalue weighted by Crippen LogP contribution is -2.12. The molecule has 3 rings (SSSR count). The van der Waals surface area contributed by atoms with Crippen LogP contribution >= 0.6 is 34.4 Å². The summed E-state index contributed by atoms with van der Waals surface area (Å²) >= 11 is 4.36. The van der Waals surface area contributed by atoms with Crippen LogP contribution in [0.15, 0.2) is 9.13 Å². The number of hydrogen-bond donors (Lipinski definition) is 2. The molecule has 6 nitrogen and oxygen atoms in total. The van der Waals surface area contributed by atoms with E-state index in [-0.39, 0.29) is 10.8 Å². The number of fused-ring (bicyclic) bond motifs is 1. The first kappa shape index (κ1) is 14.5. The molecular weight excluding hydrogens is 326 g/mol. The highest BCUT2D eigenvalue weighted by Crippen LogP contribution is 2.36. The molecule has 1 atom stereocenters. The summed E-state index contributed by atoms with van der Waals surface area (Å²) in [4.78, 5) is 21.6. The van der Waals surface area contributed by atoms with Crippen LogP contribution in [0.1, 0.15) is 28.4 Å². The Balaban J connectivity index is 1.98. The van der Waals surface area contributed by atoms with Crippen molar-refractivity contribution < 1.29 is 0 Å². The molecule has 9 heteroatoms. The van der Waals surface area contributed by atoms with Gasteiger partial charge in [0.1, 0.15) is 10.7 Å². The third-order valence-corrected chi connectivity index (χ3v) is 6.19. The maximum atomic E-state index is 12.3. The van der Waals surface area contributed by atoms with Gasteiger partial charge >= 0.3 is 0 Å². The van der Waals surface area contributed by atoms with Gasteiger partial charge in [0.15, 0.2) is 4.34 Å². The molecule has 3 aromatic rings. The number of thiophene rings is 1. The second kappa shape index (κ2) is 5.39. The summed E-state index contributed by atoms with van der Waals surface area (Å²) < 4.78 is 0.765. The van der Waals surface area contributed by atoms with E-state index in [1.165, 1.54) is 23.1 Å². The number of nitrogen functional groups attached to an aromatic ring is 1. The van der Waals surface area contributed by atoms with Gasteiger partial charge in [-0.1, -0.05) is 23.1 Å². The third-order valence-electron chi connectivity index (χ3n) is 3.14. The Bertz CT molecular complexity index is 866. The summed E-state index contributed by atoms with van der Waals surface area (Å²) in [5.41, 5.74) is 6.50. The Morgan fingerprint density at radius 1 is 1.29 bits per heavy atom. The highest BCUT2D eigenvalue weighted by Gasteiger charge is 2.17. The Kier molecular flexibility index (Phi) is 3.72. The van der Waals surface area contributed by atoms with Crippen molar-refractivity contribution in [1.82, 2.24) is 20.2 Å². The Morgan fingerprint density at radius 2 is 2.05 bits per heavy atom. The first-order chi connectivity index (χ1) is 9.95. The van der Waals surface area contributed by atoms with Crippen molar-refractivity contribution in [2.75, 3.05) is 5.73 Å². The standard InChI is InChI=1S/C12H13N5OS3/c1-4-5(2)19-10-7(4)9(18)14-8(15-10)6(3)20-12-17-16-11(13)21-12/h6H,1-3H3,(H2,13,16)(H,14,15,18)/t6-/m1/s1. The van der Waals surface area contributed by atoms with E-state index in [2.05, 4.69) is 20.2 Å². The van der Waals surface area contributed by atoms with Gasteiger partial charge in [0.05, 0.1) is 10.6 Å². The Hall–Kier alpha value is -1.45. The monoisotopic (exact) mass is 339 g/mol. The minimum atomic E-state index is -0.0823. The van der Waals surface area contributed by atoms with Crippen LogP contribution in [0.25, 0.3) is 10.2 Å². The maximum absolute atomic E-state index is 12.3. The van der Waals surface area contributed by atoms with Crippen molar-refractivity contribution >= 4 is 49.8 Å². The van der Waals surface area contributed by atoms with E-state index in [0.29, 0.717) is 16.3 Å². The summed E-state index contributed by atoms with van der Waals surface area (Å²) in [7, 11) is 0. The lowest BCUT2D eigenvalue weighted by atomic mass is 10.2. The highest BCUT2D eigenvalue weighted by molar-refractivity contribution is 8.01. The summed E-state index contributed by atoms with van der Waals surface area (Å²) in [6.07, 6.45) is 0. The fourth-order valence-electron chi connectivity index (χ4n) is 1.94. The molecular formula is C12H13N5OS3. The average Bonchev–Trinajstić information content (AvgIpc) is 2.94. The summed E-state index contributed by atoms with van der Waals surface area (Å²) in [5.74, 6) is 0.646. The Morgan fingerprint density at radius 3 is 2.71 bits per heavy atom. The molecule has 3 N–H and O–H groups in total. The van der Waals surface area contributed by atoms with Crippen molar-refractivity contribution in [2.45, 2.75) is 30.4 Å². The number of hydrogen-bond acceptors (Lipinski definition) is 8. The largest absolute Gasteiger partial charge is 0.374 e. The molecule has 0 aliphatic heterocycles. The minimum Gasteiger partial charge on any atom is -0.374 e. The minimum absolute atomic E-state index is 0.0304. The van der Waals surface area contributed by atoms with E-state index in [9.17, 15) is 4.79 Å². The van der Waals surface area contributed by atoms with E-state index in [1.807, 2.05) is 20.8 Å². The average molecular weight is 339 g/mol. The van der Waals surface area contributed by atoms with Crippen LogP contribution in [0.2, 0.25) is 0 Å². The number of nitrogens with zero attached hydrogens (tertiary/aromatic N) is 3. The van der Waals surface area contributed by atoms with Crippen LogP contribution in [0.4, 0.5) is 5.13 Å². The molecule has 3 aromatic heterocycles. The maximum Gasteiger partial charge on any atom is 0.259 e. The van der Waals surface area contributed by atoms with Crippen molar-refractivity contribution in [3.8, 4) is 0 Å². The number of H-pyrrole nitrogens is 1. The summed E-state index contributed by atoms with van der Waals surface area (Å²) in [6, 6.07) is 0. The van der Waals surface area contributed by atoms with Gasteiger partial charge in [0, 0.05) is 4.88 Å². The predicted molar refractivity (Wildman–Crippen MR) is 88.3 cm³/mol. The fourth-order valence-corrected chi connectivity index (χ4v) is 4.81. The quantitative estimate of drug-likeness (QED) is 0.712. The first-order valence-electron chi connectivity index (χ1n) is 6.21. The van der Waals surface area contributed by atoms with E-state index in [1.54, 1.807) is 11.3 Å². The van der Waals surface area contributed by atoms with Crippen LogP contribution in [0, 0.1) is 13.8 Å². The highest BCUT2D eigenvalue weighted by atomic mass is 32.2. The zero-order valence-corrected chi connectivity index (χ0v) is 14.1. The molecule has 0 unspecified atom stereocenters. The number of nitrogens with two attached hydrogens (primary N) is 1. The fraction of sp³-hybridized carbons (Fsp3) is 0.333. The van der Waals surface area contributed by atoms with Crippen molar-refractivity contribution in [3.05, 3.63) is 26.6 Å². The van der Waals surface area contributed by atoms with E-state index in [4.69, 9.17) is 5.73 Å². The number of rotatable bonds is 3. The molecule has 0 bridgehead atoms. The second-order valence-electron chi connectivity index (χ2n) is 4.58. The number of nitrogens with one attached hydrogen (secondary N) is 1. The molecule has 3 heterocycles. The predicted octanol–water partition coefficient (Wildman–Crippen LogP) is 2.89. The molecule has 0 fully saturated rings. The van der Waals surface area contributed by atoms with E-state index < -0.39 is 0 Å². The molecule has 0 saturated carbocycles. The van der Waals surface area contributed by atoms with Crippen LogP contribution in [-0.4, -0.2) is 20.2 Å². The lowest BCUT2D eigenvalue weighted by molar-refractivity contribution is 0.919. The number of thioether (sulfide) groups is 1. The van der Waals surface area contributed by atoms with Crippen molar-refractivity contribution in [3.63, 3.8) is 0 Å². The van der Waals surface area contributed by atoms with Crippen molar-refractivity contribution in [2.24, 2.45) is 0 Å². The molecule has 0 radical (unpaired) electrons. The molecule has 0 aromatic carbocycles. The molecule has 110 valence electrons. The molecule has 0 amide bonds. The Labute approximate surface area is 132 Å². The number of aryl methyl sites for hydroxylation is 2. The van der Waals surface area contributed by atoms with Gasteiger partial charge in [0.2, 0.25) is 5.13 Å².